The summed E-state index contributed by atoms with van der Waals surface area (Å²) in [6, 6.07) is 4.24. The predicted octanol–water partition coefficient (Wildman–Crippen LogP) is 3.37. The lowest BCUT2D eigenvalue weighted by Crippen LogP contribution is -2.02. The zero-order chi connectivity index (χ0) is 12.1. The van der Waals surface area contributed by atoms with Gasteiger partial charge in [-0.15, -0.1) is 0 Å². The van der Waals surface area contributed by atoms with E-state index in [-0.39, 0.29) is 11.3 Å². The molecule has 3 heteroatoms. The SMILES string of the molecule is C=C(CC)COc1ccc(C(C)=O)c(F)c1. The van der Waals surface area contributed by atoms with E-state index in [1.54, 1.807) is 6.07 Å². The normalized spacial score (nSPS) is 9.94. The molecule has 2 nitrogen and oxygen atoms in total. The van der Waals surface area contributed by atoms with Gasteiger partial charge in [-0.1, -0.05) is 13.5 Å². The summed E-state index contributed by atoms with van der Waals surface area (Å²) < 4.78 is 18.7. The molecule has 0 unspecified atom stereocenters. The van der Waals surface area contributed by atoms with Crippen molar-refractivity contribution in [3.63, 3.8) is 0 Å². The first-order valence-corrected chi connectivity index (χ1v) is 5.14. The number of rotatable bonds is 5. The van der Waals surface area contributed by atoms with Gasteiger partial charge >= 0.3 is 0 Å². The lowest BCUT2D eigenvalue weighted by atomic mass is 10.1. The van der Waals surface area contributed by atoms with Crippen molar-refractivity contribution in [1.82, 2.24) is 0 Å². The molecular formula is C13H15FO2. The van der Waals surface area contributed by atoms with Crippen LogP contribution in [0.5, 0.6) is 5.75 Å². The summed E-state index contributed by atoms with van der Waals surface area (Å²) in [4.78, 5) is 11.0. The standard InChI is InChI=1S/C13H15FO2/c1-4-9(2)8-16-11-5-6-12(10(3)15)13(14)7-11/h5-7H,2,4,8H2,1,3H3. The van der Waals surface area contributed by atoms with Crippen LogP contribution in [0.4, 0.5) is 4.39 Å². The van der Waals surface area contributed by atoms with Crippen molar-refractivity contribution < 1.29 is 13.9 Å². The largest absolute Gasteiger partial charge is 0.489 e. The van der Waals surface area contributed by atoms with Gasteiger partial charge in [0.25, 0.3) is 0 Å². The molecule has 0 fully saturated rings. The minimum Gasteiger partial charge on any atom is -0.489 e. The summed E-state index contributed by atoms with van der Waals surface area (Å²) in [5.74, 6) is -0.425. The number of halogens is 1. The van der Waals surface area contributed by atoms with Crippen LogP contribution in [-0.2, 0) is 0 Å². The molecule has 0 radical (unpaired) electrons. The number of carbonyl (C=O) groups excluding carboxylic acids is 1. The molecule has 0 saturated heterocycles. The van der Waals surface area contributed by atoms with Crippen LogP contribution in [0.2, 0.25) is 0 Å². The van der Waals surface area contributed by atoms with Gasteiger partial charge in [0.05, 0.1) is 5.56 Å². The maximum Gasteiger partial charge on any atom is 0.162 e. The number of hydrogen-bond acceptors (Lipinski definition) is 2. The molecule has 86 valence electrons. The molecule has 1 aromatic rings. The molecule has 0 spiro atoms. The molecule has 0 aromatic heterocycles. The monoisotopic (exact) mass is 222 g/mol. The fourth-order valence-corrected chi connectivity index (χ4v) is 1.16. The third-order valence-electron chi connectivity index (χ3n) is 2.26. The molecule has 0 aliphatic carbocycles. The first-order valence-electron chi connectivity index (χ1n) is 5.14. The molecule has 0 heterocycles. The summed E-state index contributed by atoms with van der Waals surface area (Å²) in [6.07, 6.45) is 0.827. The topological polar surface area (TPSA) is 26.3 Å². The fourth-order valence-electron chi connectivity index (χ4n) is 1.16. The van der Waals surface area contributed by atoms with Crippen LogP contribution in [-0.4, -0.2) is 12.4 Å². The Labute approximate surface area is 94.7 Å². The van der Waals surface area contributed by atoms with E-state index in [9.17, 15) is 9.18 Å². The number of carbonyl (C=O) groups is 1. The van der Waals surface area contributed by atoms with Crippen LogP contribution in [0.25, 0.3) is 0 Å². The average Bonchev–Trinajstić information content (AvgIpc) is 2.25. The quantitative estimate of drug-likeness (QED) is 0.564. The minimum atomic E-state index is -0.549. The zero-order valence-electron chi connectivity index (χ0n) is 9.55. The van der Waals surface area contributed by atoms with Crippen molar-refractivity contribution in [1.29, 1.82) is 0 Å². The van der Waals surface area contributed by atoms with E-state index >= 15 is 0 Å². The van der Waals surface area contributed by atoms with Crippen LogP contribution >= 0.6 is 0 Å². The Balaban J connectivity index is 2.74. The van der Waals surface area contributed by atoms with Gasteiger partial charge in [-0.2, -0.15) is 0 Å². The summed E-state index contributed by atoms with van der Waals surface area (Å²) in [6.45, 7) is 7.46. The number of benzene rings is 1. The average molecular weight is 222 g/mol. The van der Waals surface area contributed by atoms with Crippen molar-refractivity contribution in [2.45, 2.75) is 20.3 Å². The van der Waals surface area contributed by atoms with Crippen molar-refractivity contribution in [2.24, 2.45) is 0 Å². The number of Topliss-reactive ketones (excluding diaryl/α,β-unsaturated/α-hetero) is 1. The molecule has 0 amide bonds. The van der Waals surface area contributed by atoms with E-state index in [0.29, 0.717) is 12.4 Å². The highest BCUT2D eigenvalue weighted by Crippen LogP contribution is 2.17. The smallest absolute Gasteiger partial charge is 0.162 e. The maximum absolute atomic E-state index is 13.4. The first kappa shape index (κ1) is 12.4. The molecule has 1 rings (SSSR count). The van der Waals surface area contributed by atoms with E-state index in [0.717, 1.165) is 12.0 Å². The number of hydrogen-bond donors (Lipinski definition) is 0. The van der Waals surface area contributed by atoms with Gasteiger partial charge in [0.1, 0.15) is 18.2 Å². The van der Waals surface area contributed by atoms with Gasteiger partial charge in [-0.05, 0) is 31.1 Å². The predicted molar refractivity (Wildman–Crippen MR) is 61.3 cm³/mol. The van der Waals surface area contributed by atoms with Gasteiger partial charge in [-0.3, -0.25) is 4.79 Å². The Bertz CT molecular complexity index is 410. The molecule has 0 bridgehead atoms. The van der Waals surface area contributed by atoms with E-state index in [2.05, 4.69) is 6.58 Å². The second-order valence-electron chi connectivity index (χ2n) is 3.59. The van der Waals surface area contributed by atoms with E-state index in [1.165, 1.54) is 19.1 Å². The lowest BCUT2D eigenvalue weighted by molar-refractivity contribution is 0.101. The van der Waals surface area contributed by atoms with Crippen LogP contribution < -0.4 is 4.74 Å². The van der Waals surface area contributed by atoms with Crippen LogP contribution in [0.3, 0.4) is 0 Å². The van der Waals surface area contributed by atoms with Gasteiger partial charge in [0, 0.05) is 6.07 Å². The first-order chi connectivity index (χ1) is 7.54. The van der Waals surface area contributed by atoms with Crippen molar-refractivity contribution in [3.05, 3.63) is 41.7 Å². The fraction of sp³-hybridized carbons (Fsp3) is 0.308. The van der Waals surface area contributed by atoms with Crippen LogP contribution in [0, 0.1) is 5.82 Å². The Kier molecular flexibility index (Phi) is 4.23. The van der Waals surface area contributed by atoms with Crippen LogP contribution in [0.1, 0.15) is 30.6 Å². The second kappa shape index (κ2) is 5.45. The van der Waals surface area contributed by atoms with Gasteiger partial charge in [-0.25, -0.2) is 4.39 Å². The van der Waals surface area contributed by atoms with Gasteiger partial charge in [0.2, 0.25) is 0 Å². The van der Waals surface area contributed by atoms with E-state index < -0.39 is 5.82 Å². The van der Waals surface area contributed by atoms with Crippen molar-refractivity contribution in [2.75, 3.05) is 6.61 Å². The van der Waals surface area contributed by atoms with E-state index in [1.807, 2.05) is 6.92 Å². The summed E-state index contributed by atoms with van der Waals surface area (Å²) in [7, 11) is 0. The number of ketones is 1. The third kappa shape index (κ3) is 3.19. The Hall–Kier alpha value is -1.64. The molecule has 1 aromatic carbocycles. The summed E-state index contributed by atoms with van der Waals surface area (Å²) in [5.41, 5.74) is 1.03. The highest BCUT2D eigenvalue weighted by atomic mass is 19.1. The molecular weight excluding hydrogens is 207 g/mol. The highest BCUT2D eigenvalue weighted by molar-refractivity contribution is 5.94. The highest BCUT2D eigenvalue weighted by Gasteiger charge is 2.08. The maximum atomic E-state index is 13.4. The molecule has 0 aliphatic rings. The van der Waals surface area contributed by atoms with Gasteiger partial charge < -0.3 is 4.74 Å². The molecule has 16 heavy (non-hydrogen) atoms. The number of ether oxygens (including phenoxy) is 1. The molecule has 0 atom stereocenters. The Morgan fingerprint density at radius 3 is 2.69 bits per heavy atom. The Morgan fingerprint density at radius 2 is 2.19 bits per heavy atom. The summed E-state index contributed by atoms with van der Waals surface area (Å²) >= 11 is 0. The van der Waals surface area contributed by atoms with Crippen molar-refractivity contribution >= 4 is 5.78 Å². The van der Waals surface area contributed by atoms with Crippen LogP contribution in [0.15, 0.2) is 30.4 Å². The van der Waals surface area contributed by atoms with Crippen molar-refractivity contribution in [3.8, 4) is 5.75 Å². The molecule has 0 N–H and O–H groups in total. The molecule has 0 saturated carbocycles. The summed E-state index contributed by atoms with van der Waals surface area (Å²) in [5, 5.41) is 0. The zero-order valence-corrected chi connectivity index (χ0v) is 9.55. The minimum absolute atomic E-state index is 0.0849. The second-order valence-corrected chi connectivity index (χ2v) is 3.59. The van der Waals surface area contributed by atoms with E-state index in [4.69, 9.17) is 4.74 Å². The molecule has 0 aliphatic heterocycles. The lowest BCUT2D eigenvalue weighted by Gasteiger charge is -2.08. The Morgan fingerprint density at radius 1 is 1.50 bits per heavy atom. The van der Waals surface area contributed by atoms with Gasteiger partial charge in [0.15, 0.2) is 5.78 Å². The third-order valence-corrected chi connectivity index (χ3v) is 2.26.